The molecule has 1 saturated carbocycles. The molecule has 190 valence electrons. The Labute approximate surface area is 210 Å². The van der Waals surface area contributed by atoms with Crippen LogP contribution in [0.25, 0.3) is 0 Å². The van der Waals surface area contributed by atoms with Crippen molar-refractivity contribution in [3.05, 3.63) is 59.7 Å². The maximum Gasteiger partial charge on any atom is 0.261 e. The molecule has 0 heterocycles. The standard InChI is InChI=1S/C29H40N2O4/c1-5-27(29(33)30-24-11-7-6-8-12-24)31(19-22-10-9-13-26(18-22)34-4)28(32)20-35-25-16-14-23(15-17-25)21(2)3/h9-10,13-18,21,24,27H,5-8,11-12,19-20H2,1-4H3,(H,30,33). The summed E-state index contributed by atoms with van der Waals surface area (Å²) in [5, 5.41) is 3.21. The molecular formula is C29H40N2O4. The molecule has 1 aliphatic carbocycles. The number of rotatable bonds is 11. The lowest BCUT2D eigenvalue weighted by Crippen LogP contribution is -2.52. The van der Waals surface area contributed by atoms with Crippen molar-refractivity contribution >= 4 is 11.8 Å². The number of ether oxygens (including phenoxy) is 2. The van der Waals surface area contributed by atoms with Gasteiger partial charge in [0.15, 0.2) is 6.61 Å². The zero-order chi connectivity index (χ0) is 25.2. The average Bonchev–Trinajstić information content (AvgIpc) is 2.88. The second-order valence-electron chi connectivity index (χ2n) is 9.65. The molecule has 0 aromatic heterocycles. The minimum absolute atomic E-state index is 0.0862. The van der Waals surface area contributed by atoms with E-state index in [2.05, 4.69) is 19.2 Å². The van der Waals surface area contributed by atoms with E-state index in [-0.39, 0.29) is 24.5 Å². The summed E-state index contributed by atoms with van der Waals surface area (Å²) in [7, 11) is 1.62. The zero-order valence-corrected chi connectivity index (χ0v) is 21.6. The van der Waals surface area contributed by atoms with Crippen molar-refractivity contribution < 1.29 is 19.1 Å². The van der Waals surface area contributed by atoms with Crippen molar-refractivity contribution in [2.75, 3.05) is 13.7 Å². The number of carbonyl (C=O) groups excluding carboxylic acids is 2. The van der Waals surface area contributed by atoms with Gasteiger partial charge >= 0.3 is 0 Å². The van der Waals surface area contributed by atoms with E-state index in [1.165, 1.54) is 12.0 Å². The maximum atomic E-state index is 13.4. The van der Waals surface area contributed by atoms with Gasteiger partial charge in [0.25, 0.3) is 5.91 Å². The van der Waals surface area contributed by atoms with Crippen LogP contribution in [-0.4, -0.2) is 42.5 Å². The molecule has 2 amide bonds. The normalized spacial score (nSPS) is 14.9. The van der Waals surface area contributed by atoms with Crippen LogP contribution in [0.1, 0.15) is 76.3 Å². The molecule has 35 heavy (non-hydrogen) atoms. The molecule has 6 nitrogen and oxygen atoms in total. The van der Waals surface area contributed by atoms with Gasteiger partial charge in [-0.25, -0.2) is 0 Å². The second-order valence-corrected chi connectivity index (χ2v) is 9.65. The second kappa shape index (κ2) is 13.2. The van der Waals surface area contributed by atoms with Crippen molar-refractivity contribution in [3.63, 3.8) is 0 Å². The highest BCUT2D eigenvalue weighted by molar-refractivity contribution is 5.88. The summed E-state index contributed by atoms with van der Waals surface area (Å²) in [6.45, 7) is 6.40. The molecule has 2 aromatic rings. The highest BCUT2D eigenvalue weighted by atomic mass is 16.5. The van der Waals surface area contributed by atoms with Crippen LogP contribution >= 0.6 is 0 Å². The summed E-state index contributed by atoms with van der Waals surface area (Å²) in [5.41, 5.74) is 2.12. The largest absolute Gasteiger partial charge is 0.497 e. The fourth-order valence-electron chi connectivity index (χ4n) is 4.61. The third kappa shape index (κ3) is 7.74. The number of carbonyl (C=O) groups is 2. The molecule has 6 heteroatoms. The van der Waals surface area contributed by atoms with Gasteiger partial charge < -0.3 is 19.7 Å². The van der Waals surface area contributed by atoms with Gasteiger partial charge in [0.05, 0.1) is 7.11 Å². The highest BCUT2D eigenvalue weighted by Crippen LogP contribution is 2.21. The van der Waals surface area contributed by atoms with Gasteiger partial charge in [-0.15, -0.1) is 0 Å². The fraction of sp³-hybridized carbons (Fsp3) is 0.517. The number of amides is 2. The van der Waals surface area contributed by atoms with Crippen molar-refractivity contribution in [1.82, 2.24) is 10.2 Å². The molecule has 1 N–H and O–H groups in total. The Balaban J connectivity index is 1.75. The number of methoxy groups -OCH3 is 1. The SMILES string of the molecule is CCC(C(=O)NC1CCCCC1)N(Cc1cccc(OC)c1)C(=O)COc1ccc(C(C)C)cc1. The van der Waals surface area contributed by atoms with E-state index < -0.39 is 6.04 Å². The number of nitrogens with zero attached hydrogens (tertiary/aromatic N) is 1. The molecule has 0 saturated heterocycles. The lowest BCUT2D eigenvalue weighted by molar-refractivity contribution is -0.143. The van der Waals surface area contributed by atoms with Gasteiger partial charge in [-0.3, -0.25) is 9.59 Å². The van der Waals surface area contributed by atoms with Crippen LogP contribution in [0.2, 0.25) is 0 Å². The van der Waals surface area contributed by atoms with Crippen molar-refractivity contribution in [2.45, 2.75) is 83.8 Å². The minimum atomic E-state index is -0.567. The Morgan fingerprint density at radius 3 is 2.37 bits per heavy atom. The van der Waals surface area contributed by atoms with Gasteiger partial charge in [0.1, 0.15) is 17.5 Å². The van der Waals surface area contributed by atoms with Crippen molar-refractivity contribution in [2.24, 2.45) is 0 Å². The molecule has 1 unspecified atom stereocenters. The fourth-order valence-corrected chi connectivity index (χ4v) is 4.61. The van der Waals surface area contributed by atoms with E-state index in [0.717, 1.165) is 37.0 Å². The van der Waals surface area contributed by atoms with Crippen LogP contribution < -0.4 is 14.8 Å². The number of hydrogen-bond acceptors (Lipinski definition) is 4. The summed E-state index contributed by atoms with van der Waals surface area (Å²) >= 11 is 0. The summed E-state index contributed by atoms with van der Waals surface area (Å²) in [6.07, 6.45) is 6.02. The van der Waals surface area contributed by atoms with E-state index in [1.807, 2.05) is 55.5 Å². The molecular weight excluding hydrogens is 440 g/mol. The van der Waals surface area contributed by atoms with Crippen LogP contribution in [0.5, 0.6) is 11.5 Å². The van der Waals surface area contributed by atoms with Gasteiger partial charge in [-0.05, 0) is 60.6 Å². The number of benzene rings is 2. The van der Waals surface area contributed by atoms with Crippen LogP contribution in [0.15, 0.2) is 48.5 Å². The van der Waals surface area contributed by atoms with E-state index in [9.17, 15) is 9.59 Å². The van der Waals surface area contributed by atoms with Crippen molar-refractivity contribution in [3.8, 4) is 11.5 Å². The topological polar surface area (TPSA) is 67.9 Å². The summed E-state index contributed by atoms with van der Waals surface area (Å²) < 4.78 is 11.2. The van der Waals surface area contributed by atoms with Gasteiger partial charge in [-0.2, -0.15) is 0 Å². The Kier molecular flexibility index (Phi) is 10.0. The van der Waals surface area contributed by atoms with Gasteiger partial charge in [-0.1, -0.05) is 64.3 Å². The molecule has 0 spiro atoms. The number of hydrogen-bond donors (Lipinski definition) is 1. The van der Waals surface area contributed by atoms with E-state index in [0.29, 0.717) is 24.6 Å². The van der Waals surface area contributed by atoms with Crippen LogP contribution in [-0.2, 0) is 16.1 Å². The summed E-state index contributed by atoms with van der Waals surface area (Å²) in [5.74, 6) is 1.49. The Hall–Kier alpha value is -3.02. The van der Waals surface area contributed by atoms with Gasteiger partial charge in [0.2, 0.25) is 5.91 Å². The summed E-state index contributed by atoms with van der Waals surface area (Å²) in [6, 6.07) is 15.1. The van der Waals surface area contributed by atoms with Crippen molar-refractivity contribution in [1.29, 1.82) is 0 Å². The highest BCUT2D eigenvalue weighted by Gasteiger charge is 2.30. The van der Waals surface area contributed by atoms with Gasteiger partial charge in [0, 0.05) is 12.6 Å². The Morgan fingerprint density at radius 1 is 1.03 bits per heavy atom. The molecule has 1 aliphatic rings. The van der Waals surface area contributed by atoms with E-state index >= 15 is 0 Å². The minimum Gasteiger partial charge on any atom is -0.497 e. The first-order valence-electron chi connectivity index (χ1n) is 12.9. The summed E-state index contributed by atoms with van der Waals surface area (Å²) in [4.78, 5) is 28.4. The first-order valence-corrected chi connectivity index (χ1v) is 12.9. The molecule has 1 atom stereocenters. The smallest absolute Gasteiger partial charge is 0.261 e. The molecule has 1 fully saturated rings. The van der Waals surface area contributed by atoms with E-state index in [1.54, 1.807) is 12.0 Å². The molecule has 0 radical (unpaired) electrons. The molecule has 0 bridgehead atoms. The maximum absolute atomic E-state index is 13.4. The Bertz CT molecular complexity index is 951. The number of nitrogens with one attached hydrogen (secondary N) is 1. The van der Waals surface area contributed by atoms with Crippen LogP contribution in [0.3, 0.4) is 0 Å². The molecule has 0 aliphatic heterocycles. The van der Waals surface area contributed by atoms with Crippen LogP contribution in [0, 0.1) is 0 Å². The lowest BCUT2D eigenvalue weighted by Gasteiger charge is -2.32. The quantitative estimate of drug-likeness (QED) is 0.464. The first kappa shape index (κ1) is 26.6. The first-order chi connectivity index (χ1) is 16.9. The Morgan fingerprint density at radius 2 is 1.74 bits per heavy atom. The predicted molar refractivity (Wildman–Crippen MR) is 139 cm³/mol. The molecule has 2 aromatic carbocycles. The monoisotopic (exact) mass is 480 g/mol. The third-order valence-electron chi connectivity index (χ3n) is 6.73. The average molecular weight is 481 g/mol. The van der Waals surface area contributed by atoms with Crippen LogP contribution in [0.4, 0.5) is 0 Å². The molecule has 3 rings (SSSR count). The predicted octanol–water partition coefficient (Wildman–Crippen LogP) is 5.45. The zero-order valence-electron chi connectivity index (χ0n) is 21.6. The lowest BCUT2D eigenvalue weighted by atomic mass is 9.95. The van der Waals surface area contributed by atoms with E-state index in [4.69, 9.17) is 9.47 Å². The third-order valence-corrected chi connectivity index (χ3v) is 6.73.